The predicted octanol–water partition coefficient (Wildman–Crippen LogP) is 3.69. The highest BCUT2D eigenvalue weighted by Crippen LogP contribution is 2.19. The van der Waals surface area contributed by atoms with E-state index in [1.54, 1.807) is 11.3 Å². The number of aromatic nitrogens is 2. The molecule has 0 saturated carbocycles. The summed E-state index contributed by atoms with van der Waals surface area (Å²) in [6.45, 7) is 2.07. The highest BCUT2D eigenvalue weighted by Gasteiger charge is 2.04. The van der Waals surface area contributed by atoms with E-state index in [2.05, 4.69) is 41.3 Å². The fraction of sp³-hybridized carbons (Fsp3) is 0.125. The van der Waals surface area contributed by atoms with E-state index in [-0.39, 0.29) is 0 Å². The molecule has 0 radical (unpaired) electrons. The SMILES string of the molecule is Cc1cccc(N=c2sc(-c3ccccc3)nn2C)c1. The van der Waals surface area contributed by atoms with Gasteiger partial charge in [0.25, 0.3) is 0 Å². The zero-order chi connectivity index (χ0) is 13.9. The van der Waals surface area contributed by atoms with Crippen molar-refractivity contribution in [3.05, 3.63) is 65.0 Å². The lowest BCUT2D eigenvalue weighted by Crippen LogP contribution is -2.10. The summed E-state index contributed by atoms with van der Waals surface area (Å²) in [7, 11) is 1.93. The zero-order valence-electron chi connectivity index (χ0n) is 11.4. The van der Waals surface area contributed by atoms with Crippen LogP contribution in [-0.2, 0) is 7.05 Å². The Labute approximate surface area is 121 Å². The summed E-state index contributed by atoms with van der Waals surface area (Å²) in [5.74, 6) is 0. The molecule has 0 bridgehead atoms. The van der Waals surface area contributed by atoms with Gasteiger partial charge in [0.1, 0.15) is 5.01 Å². The fourth-order valence-corrected chi connectivity index (χ4v) is 2.87. The second-order valence-electron chi connectivity index (χ2n) is 4.63. The molecule has 0 atom stereocenters. The summed E-state index contributed by atoms with van der Waals surface area (Å²) in [4.78, 5) is 5.56. The van der Waals surface area contributed by atoms with Crippen LogP contribution in [0.4, 0.5) is 5.69 Å². The Morgan fingerprint density at radius 3 is 2.60 bits per heavy atom. The first-order chi connectivity index (χ1) is 9.72. The maximum atomic E-state index is 4.67. The topological polar surface area (TPSA) is 30.2 Å². The standard InChI is InChI=1S/C16H15N3S/c1-12-7-6-10-14(11-12)17-16-19(2)18-15(20-16)13-8-4-3-5-9-13/h3-11H,1-2H3. The first kappa shape index (κ1) is 12.8. The first-order valence-electron chi connectivity index (χ1n) is 6.43. The highest BCUT2D eigenvalue weighted by atomic mass is 32.1. The van der Waals surface area contributed by atoms with Gasteiger partial charge in [-0.2, -0.15) is 5.10 Å². The van der Waals surface area contributed by atoms with Crippen molar-refractivity contribution in [2.45, 2.75) is 6.92 Å². The maximum Gasteiger partial charge on any atom is 0.208 e. The van der Waals surface area contributed by atoms with E-state index < -0.39 is 0 Å². The van der Waals surface area contributed by atoms with Crippen molar-refractivity contribution in [3.8, 4) is 10.6 Å². The van der Waals surface area contributed by atoms with Crippen LogP contribution in [0.2, 0.25) is 0 Å². The molecule has 0 aliphatic heterocycles. The lowest BCUT2D eigenvalue weighted by atomic mass is 10.2. The quantitative estimate of drug-likeness (QED) is 0.704. The van der Waals surface area contributed by atoms with Gasteiger partial charge < -0.3 is 0 Å². The first-order valence-corrected chi connectivity index (χ1v) is 7.25. The molecule has 2 aromatic carbocycles. The Balaban J connectivity index is 2.06. The van der Waals surface area contributed by atoms with Crippen LogP contribution in [0.3, 0.4) is 0 Å². The van der Waals surface area contributed by atoms with Crippen LogP contribution in [0.1, 0.15) is 5.56 Å². The lowest BCUT2D eigenvalue weighted by molar-refractivity contribution is 0.732. The Kier molecular flexibility index (Phi) is 3.48. The Morgan fingerprint density at radius 2 is 1.85 bits per heavy atom. The van der Waals surface area contributed by atoms with Crippen LogP contribution in [0, 0.1) is 6.92 Å². The van der Waals surface area contributed by atoms with E-state index in [1.165, 1.54) is 5.56 Å². The van der Waals surface area contributed by atoms with Crippen LogP contribution >= 0.6 is 11.3 Å². The number of benzene rings is 2. The van der Waals surface area contributed by atoms with Gasteiger partial charge in [-0.3, -0.25) is 0 Å². The van der Waals surface area contributed by atoms with E-state index in [0.717, 1.165) is 21.1 Å². The average Bonchev–Trinajstić information content (AvgIpc) is 2.81. The summed E-state index contributed by atoms with van der Waals surface area (Å²) in [5, 5.41) is 5.53. The molecule has 3 rings (SSSR count). The average molecular weight is 281 g/mol. The minimum Gasteiger partial charge on any atom is -0.241 e. The zero-order valence-corrected chi connectivity index (χ0v) is 12.3. The number of hydrogen-bond donors (Lipinski definition) is 0. The fourth-order valence-electron chi connectivity index (χ4n) is 1.95. The molecule has 0 aliphatic rings. The number of hydrogen-bond acceptors (Lipinski definition) is 3. The summed E-state index contributed by atoms with van der Waals surface area (Å²) in [5.41, 5.74) is 3.30. The monoisotopic (exact) mass is 281 g/mol. The minimum atomic E-state index is 0.898. The highest BCUT2D eigenvalue weighted by molar-refractivity contribution is 7.12. The molecule has 100 valence electrons. The van der Waals surface area contributed by atoms with Gasteiger partial charge in [0.2, 0.25) is 4.80 Å². The third-order valence-electron chi connectivity index (χ3n) is 2.95. The van der Waals surface area contributed by atoms with Gasteiger partial charge in [-0.15, -0.1) is 0 Å². The molecular weight excluding hydrogens is 266 g/mol. The van der Waals surface area contributed by atoms with Gasteiger partial charge >= 0.3 is 0 Å². The van der Waals surface area contributed by atoms with Crippen LogP contribution in [0.25, 0.3) is 10.6 Å². The predicted molar refractivity (Wildman–Crippen MR) is 82.9 cm³/mol. The summed E-state index contributed by atoms with van der Waals surface area (Å²) < 4.78 is 1.83. The van der Waals surface area contributed by atoms with E-state index in [1.807, 2.05) is 42.1 Å². The van der Waals surface area contributed by atoms with Crippen LogP contribution in [0.5, 0.6) is 0 Å². The second-order valence-corrected chi connectivity index (χ2v) is 5.59. The van der Waals surface area contributed by atoms with Gasteiger partial charge in [0.05, 0.1) is 5.69 Å². The summed E-state index contributed by atoms with van der Waals surface area (Å²) in [6.07, 6.45) is 0. The van der Waals surface area contributed by atoms with Crippen molar-refractivity contribution < 1.29 is 0 Å². The van der Waals surface area contributed by atoms with Crippen molar-refractivity contribution in [2.75, 3.05) is 0 Å². The molecule has 0 unspecified atom stereocenters. The van der Waals surface area contributed by atoms with Crippen molar-refractivity contribution in [1.82, 2.24) is 9.78 Å². The van der Waals surface area contributed by atoms with Gasteiger partial charge in [0.15, 0.2) is 0 Å². The van der Waals surface area contributed by atoms with Crippen molar-refractivity contribution >= 4 is 17.0 Å². The molecule has 0 spiro atoms. The van der Waals surface area contributed by atoms with Gasteiger partial charge in [-0.05, 0) is 24.6 Å². The van der Waals surface area contributed by atoms with E-state index >= 15 is 0 Å². The Bertz CT molecular complexity index is 785. The van der Waals surface area contributed by atoms with E-state index in [9.17, 15) is 0 Å². The summed E-state index contributed by atoms with van der Waals surface area (Å²) in [6, 6.07) is 18.4. The molecule has 4 heteroatoms. The summed E-state index contributed by atoms with van der Waals surface area (Å²) >= 11 is 1.60. The third-order valence-corrected chi connectivity index (χ3v) is 4.00. The molecule has 3 nitrogen and oxygen atoms in total. The van der Waals surface area contributed by atoms with E-state index in [4.69, 9.17) is 0 Å². The molecule has 0 N–H and O–H groups in total. The van der Waals surface area contributed by atoms with Crippen LogP contribution < -0.4 is 4.80 Å². The lowest BCUT2D eigenvalue weighted by Gasteiger charge is -1.94. The number of nitrogens with zero attached hydrogens (tertiary/aromatic N) is 3. The molecule has 0 amide bonds. The van der Waals surface area contributed by atoms with Gasteiger partial charge in [-0.25, -0.2) is 9.67 Å². The molecule has 20 heavy (non-hydrogen) atoms. The minimum absolute atomic E-state index is 0.898. The molecule has 0 aliphatic carbocycles. The van der Waals surface area contributed by atoms with Gasteiger partial charge in [-0.1, -0.05) is 53.8 Å². The molecule has 3 aromatic rings. The maximum absolute atomic E-state index is 4.67. The largest absolute Gasteiger partial charge is 0.241 e. The van der Waals surface area contributed by atoms with Crippen LogP contribution in [-0.4, -0.2) is 9.78 Å². The van der Waals surface area contributed by atoms with Crippen molar-refractivity contribution in [1.29, 1.82) is 0 Å². The smallest absolute Gasteiger partial charge is 0.208 e. The van der Waals surface area contributed by atoms with Crippen molar-refractivity contribution in [2.24, 2.45) is 12.0 Å². The Hall–Kier alpha value is -2.20. The molecule has 0 fully saturated rings. The van der Waals surface area contributed by atoms with Gasteiger partial charge in [0, 0.05) is 12.6 Å². The number of rotatable bonds is 2. The Morgan fingerprint density at radius 1 is 1.05 bits per heavy atom. The second kappa shape index (κ2) is 5.43. The molecule has 1 aromatic heterocycles. The molecule has 1 heterocycles. The van der Waals surface area contributed by atoms with E-state index in [0.29, 0.717) is 0 Å². The van der Waals surface area contributed by atoms with Crippen molar-refractivity contribution in [3.63, 3.8) is 0 Å². The normalized spacial score (nSPS) is 11.8. The molecular formula is C16H15N3S. The third kappa shape index (κ3) is 2.70. The molecule has 0 saturated heterocycles. The number of aryl methyl sites for hydroxylation is 2. The van der Waals surface area contributed by atoms with Crippen LogP contribution in [0.15, 0.2) is 59.6 Å².